The summed E-state index contributed by atoms with van der Waals surface area (Å²) in [6.07, 6.45) is 1.25. The van der Waals surface area contributed by atoms with Crippen molar-refractivity contribution in [3.8, 4) is 0 Å². The van der Waals surface area contributed by atoms with Crippen LogP contribution in [-0.4, -0.2) is 10.9 Å². The maximum absolute atomic E-state index is 13.6. The third-order valence-electron chi connectivity index (χ3n) is 2.28. The molecule has 0 saturated heterocycles. The summed E-state index contributed by atoms with van der Waals surface area (Å²) in [6.45, 7) is 0. The standard InChI is InChI=1S/C12H8Cl2FN3O/c13-6-3-7(14)5-8(4-6)18-12(19)9-1-2-17-11(16)10(9)15/h1-5H,(H2,16,17)(H,18,19). The zero-order valence-corrected chi connectivity index (χ0v) is 11.0. The molecule has 0 aliphatic rings. The van der Waals surface area contributed by atoms with Crippen LogP contribution in [0.1, 0.15) is 10.4 Å². The Bertz CT molecular complexity index is 629. The summed E-state index contributed by atoms with van der Waals surface area (Å²) >= 11 is 11.6. The lowest BCUT2D eigenvalue weighted by Crippen LogP contribution is -2.15. The molecular formula is C12H8Cl2FN3O. The van der Waals surface area contributed by atoms with Crippen molar-refractivity contribution in [2.75, 3.05) is 11.1 Å². The van der Waals surface area contributed by atoms with Gasteiger partial charge in [0.2, 0.25) is 0 Å². The number of nitrogen functional groups attached to an aromatic ring is 1. The third kappa shape index (κ3) is 3.13. The number of rotatable bonds is 2. The number of amides is 1. The van der Waals surface area contributed by atoms with E-state index < -0.39 is 11.7 Å². The molecule has 0 aliphatic heterocycles. The number of pyridine rings is 1. The highest BCUT2D eigenvalue weighted by Crippen LogP contribution is 2.23. The van der Waals surface area contributed by atoms with Gasteiger partial charge < -0.3 is 11.1 Å². The first kappa shape index (κ1) is 13.6. The molecule has 98 valence electrons. The summed E-state index contributed by atoms with van der Waals surface area (Å²) in [6, 6.07) is 5.73. The van der Waals surface area contributed by atoms with Gasteiger partial charge in [-0.15, -0.1) is 0 Å². The van der Waals surface area contributed by atoms with Crippen molar-refractivity contribution in [3.63, 3.8) is 0 Å². The minimum Gasteiger partial charge on any atom is -0.381 e. The molecule has 0 spiro atoms. The van der Waals surface area contributed by atoms with Crippen LogP contribution in [0.5, 0.6) is 0 Å². The molecule has 3 N–H and O–H groups in total. The fraction of sp³-hybridized carbons (Fsp3) is 0. The number of hydrogen-bond acceptors (Lipinski definition) is 3. The molecule has 0 fully saturated rings. The largest absolute Gasteiger partial charge is 0.381 e. The zero-order valence-electron chi connectivity index (χ0n) is 9.45. The number of nitrogens with two attached hydrogens (primary N) is 1. The molecule has 1 aromatic heterocycles. The number of aromatic nitrogens is 1. The molecule has 0 bridgehead atoms. The van der Waals surface area contributed by atoms with Gasteiger partial charge in [0.1, 0.15) is 0 Å². The Morgan fingerprint density at radius 3 is 2.53 bits per heavy atom. The molecule has 0 unspecified atom stereocenters. The van der Waals surface area contributed by atoms with Crippen LogP contribution in [0.4, 0.5) is 15.9 Å². The van der Waals surface area contributed by atoms with Gasteiger partial charge in [-0.1, -0.05) is 23.2 Å². The van der Waals surface area contributed by atoms with E-state index >= 15 is 0 Å². The van der Waals surface area contributed by atoms with Gasteiger partial charge in [-0.25, -0.2) is 9.37 Å². The van der Waals surface area contributed by atoms with Gasteiger partial charge in [0, 0.05) is 21.9 Å². The van der Waals surface area contributed by atoms with E-state index in [1.54, 1.807) is 0 Å². The SMILES string of the molecule is Nc1nccc(C(=O)Nc2cc(Cl)cc(Cl)c2)c1F. The van der Waals surface area contributed by atoms with E-state index in [0.29, 0.717) is 15.7 Å². The van der Waals surface area contributed by atoms with Gasteiger partial charge in [-0.2, -0.15) is 0 Å². The van der Waals surface area contributed by atoms with Crippen LogP contribution in [0.25, 0.3) is 0 Å². The molecule has 0 saturated carbocycles. The maximum Gasteiger partial charge on any atom is 0.258 e. The van der Waals surface area contributed by atoms with Crippen LogP contribution < -0.4 is 11.1 Å². The fourth-order valence-electron chi connectivity index (χ4n) is 1.46. The Morgan fingerprint density at radius 2 is 1.89 bits per heavy atom. The van der Waals surface area contributed by atoms with Crippen molar-refractivity contribution in [3.05, 3.63) is 51.9 Å². The van der Waals surface area contributed by atoms with E-state index in [0.717, 1.165) is 0 Å². The summed E-state index contributed by atoms with van der Waals surface area (Å²) < 4.78 is 13.6. The second-order valence-corrected chi connectivity index (χ2v) is 4.54. The monoisotopic (exact) mass is 299 g/mol. The van der Waals surface area contributed by atoms with Crippen molar-refractivity contribution < 1.29 is 9.18 Å². The van der Waals surface area contributed by atoms with E-state index in [-0.39, 0.29) is 11.4 Å². The average Bonchev–Trinajstić information content (AvgIpc) is 2.31. The van der Waals surface area contributed by atoms with Gasteiger partial charge in [0.25, 0.3) is 5.91 Å². The van der Waals surface area contributed by atoms with Gasteiger partial charge in [-0.3, -0.25) is 4.79 Å². The smallest absolute Gasteiger partial charge is 0.258 e. The van der Waals surface area contributed by atoms with Crippen molar-refractivity contribution in [2.24, 2.45) is 0 Å². The Labute approximate surface area is 118 Å². The first-order valence-corrected chi connectivity index (χ1v) is 5.90. The number of halogens is 3. The lowest BCUT2D eigenvalue weighted by atomic mass is 10.2. The minimum absolute atomic E-state index is 0.205. The zero-order chi connectivity index (χ0) is 14.0. The van der Waals surface area contributed by atoms with E-state index in [9.17, 15) is 9.18 Å². The van der Waals surface area contributed by atoms with Crippen LogP contribution in [0.15, 0.2) is 30.5 Å². The number of nitrogens with zero attached hydrogens (tertiary/aromatic N) is 1. The molecule has 0 radical (unpaired) electrons. The normalized spacial score (nSPS) is 10.3. The summed E-state index contributed by atoms with van der Waals surface area (Å²) in [7, 11) is 0. The fourth-order valence-corrected chi connectivity index (χ4v) is 1.99. The molecule has 1 heterocycles. The van der Waals surface area contributed by atoms with Crippen molar-refractivity contribution >= 4 is 40.6 Å². The molecule has 1 amide bonds. The lowest BCUT2D eigenvalue weighted by molar-refractivity contribution is 0.102. The average molecular weight is 300 g/mol. The van der Waals surface area contributed by atoms with E-state index in [4.69, 9.17) is 28.9 Å². The molecular weight excluding hydrogens is 292 g/mol. The van der Waals surface area contributed by atoms with Crippen LogP contribution in [0.2, 0.25) is 10.0 Å². The molecule has 2 aromatic rings. The van der Waals surface area contributed by atoms with Gasteiger partial charge in [0.05, 0.1) is 5.56 Å². The highest BCUT2D eigenvalue weighted by molar-refractivity contribution is 6.35. The number of hydrogen-bond donors (Lipinski definition) is 2. The first-order valence-electron chi connectivity index (χ1n) is 5.15. The minimum atomic E-state index is -0.867. The molecule has 19 heavy (non-hydrogen) atoms. The highest BCUT2D eigenvalue weighted by Gasteiger charge is 2.15. The number of nitrogens with one attached hydrogen (secondary N) is 1. The molecule has 1 aromatic carbocycles. The van der Waals surface area contributed by atoms with Gasteiger partial charge in [-0.05, 0) is 24.3 Å². The molecule has 7 heteroatoms. The van der Waals surface area contributed by atoms with Crippen LogP contribution >= 0.6 is 23.2 Å². The predicted octanol–water partition coefficient (Wildman–Crippen LogP) is 3.36. The van der Waals surface area contributed by atoms with Crippen LogP contribution in [0.3, 0.4) is 0 Å². The third-order valence-corrected chi connectivity index (χ3v) is 2.72. The Balaban J connectivity index is 2.28. The van der Waals surface area contributed by atoms with Crippen molar-refractivity contribution in [1.82, 2.24) is 4.98 Å². The number of carbonyl (C=O) groups is 1. The van der Waals surface area contributed by atoms with Gasteiger partial charge >= 0.3 is 0 Å². The van der Waals surface area contributed by atoms with E-state index in [2.05, 4.69) is 10.3 Å². The molecule has 0 aliphatic carbocycles. The number of benzene rings is 1. The maximum atomic E-state index is 13.6. The van der Waals surface area contributed by atoms with Crippen LogP contribution in [-0.2, 0) is 0 Å². The highest BCUT2D eigenvalue weighted by atomic mass is 35.5. The lowest BCUT2D eigenvalue weighted by Gasteiger charge is -2.07. The van der Waals surface area contributed by atoms with Crippen molar-refractivity contribution in [1.29, 1.82) is 0 Å². The predicted molar refractivity (Wildman–Crippen MR) is 73.0 cm³/mol. The summed E-state index contributed by atoms with van der Waals surface area (Å²) in [5, 5.41) is 3.19. The Morgan fingerprint density at radius 1 is 1.26 bits per heavy atom. The summed E-state index contributed by atoms with van der Waals surface area (Å²) in [5.41, 5.74) is 5.45. The van der Waals surface area contributed by atoms with E-state index in [1.165, 1.54) is 30.5 Å². The quantitative estimate of drug-likeness (QED) is 0.893. The topological polar surface area (TPSA) is 68.0 Å². The van der Waals surface area contributed by atoms with Crippen molar-refractivity contribution in [2.45, 2.75) is 0 Å². The molecule has 2 rings (SSSR count). The van der Waals surface area contributed by atoms with Crippen LogP contribution in [0, 0.1) is 5.82 Å². The molecule has 4 nitrogen and oxygen atoms in total. The number of anilines is 2. The number of carbonyl (C=O) groups excluding carboxylic acids is 1. The summed E-state index contributed by atoms with van der Waals surface area (Å²) in [5.74, 6) is -1.87. The summed E-state index contributed by atoms with van der Waals surface area (Å²) in [4.78, 5) is 15.4. The second kappa shape index (κ2) is 5.42. The van der Waals surface area contributed by atoms with E-state index in [1.807, 2.05) is 0 Å². The Kier molecular flexibility index (Phi) is 3.87. The second-order valence-electron chi connectivity index (χ2n) is 3.67. The first-order chi connectivity index (χ1) is 8.97. The molecule has 0 atom stereocenters. The van der Waals surface area contributed by atoms with Gasteiger partial charge in [0.15, 0.2) is 11.6 Å². The Hall–Kier alpha value is -1.85.